The molecule has 1 amide bonds. The number of hydrogen-bond acceptors (Lipinski definition) is 10. The van der Waals surface area contributed by atoms with E-state index in [2.05, 4.69) is 20.1 Å². The van der Waals surface area contributed by atoms with Crippen molar-refractivity contribution in [1.82, 2.24) is 29.3 Å². The number of carbonyl (C=O) groups excluding carboxylic acids is 1. The Kier molecular flexibility index (Phi) is 5.34. The second kappa shape index (κ2) is 7.95. The predicted octanol–water partition coefficient (Wildman–Crippen LogP) is -1.99. The number of rotatable bonds is 7. The van der Waals surface area contributed by atoms with Crippen LogP contribution < -0.4 is 11.5 Å². The van der Waals surface area contributed by atoms with Crippen molar-refractivity contribution >= 4 is 22.9 Å². The van der Waals surface area contributed by atoms with Crippen molar-refractivity contribution in [2.24, 2.45) is 5.73 Å². The summed E-state index contributed by atoms with van der Waals surface area (Å²) in [5, 5.41) is 33.9. The molecule has 4 atom stereocenters. The van der Waals surface area contributed by atoms with Crippen molar-refractivity contribution in [1.29, 1.82) is 0 Å². The molecule has 1 fully saturated rings. The minimum Gasteiger partial charge on any atom is -0.394 e. The monoisotopic (exact) mass is 418 g/mol. The average molecular weight is 418 g/mol. The molecule has 4 heterocycles. The minimum absolute atomic E-state index is 0.103. The van der Waals surface area contributed by atoms with Gasteiger partial charge in [0, 0.05) is 12.6 Å². The van der Waals surface area contributed by atoms with Crippen molar-refractivity contribution in [3.63, 3.8) is 0 Å². The zero-order valence-corrected chi connectivity index (χ0v) is 15.9. The highest BCUT2D eigenvalue weighted by Gasteiger charge is 2.44. The lowest BCUT2D eigenvalue weighted by Crippen LogP contribution is -2.33. The van der Waals surface area contributed by atoms with Crippen molar-refractivity contribution < 1.29 is 24.9 Å². The Bertz CT molecular complexity index is 1070. The second-order valence-corrected chi connectivity index (χ2v) is 7.07. The third-order valence-electron chi connectivity index (χ3n) is 4.96. The Labute approximate surface area is 169 Å². The zero-order valence-electron chi connectivity index (χ0n) is 15.9. The van der Waals surface area contributed by atoms with Gasteiger partial charge in [-0.15, -0.1) is 0 Å². The Morgan fingerprint density at radius 2 is 2.07 bits per heavy atom. The zero-order chi connectivity index (χ0) is 21.4. The summed E-state index contributed by atoms with van der Waals surface area (Å²) in [4.78, 5) is 23.7. The molecule has 30 heavy (non-hydrogen) atoms. The summed E-state index contributed by atoms with van der Waals surface area (Å²) < 4.78 is 8.42. The summed E-state index contributed by atoms with van der Waals surface area (Å²) >= 11 is 0. The van der Waals surface area contributed by atoms with Crippen LogP contribution in [-0.4, -0.2) is 75.4 Å². The maximum absolute atomic E-state index is 10.9. The Morgan fingerprint density at radius 3 is 2.77 bits per heavy atom. The fourth-order valence-corrected chi connectivity index (χ4v) is 3.39. The van der Waals surface area contributed by atoms with Gasteiger partial charge in [-0.25, -0.2) is 9.67 Å². The van der Waals surface area contributed by atoms with Crippen LogP contribution >= 0.6 is 0 Å². The molecule has 3 aromatic heterocycles. The molecule has 13 heteroatoms. The van der Waals surface area contributed by atoms with Crippen LogP contribution in [0.25, 0.3) is 17.1 Å². The van der Waals surface area contributed by atoms with Crippen LogP contribution in [0.5, 0.6) is 0 Å². The molecule has 4 unspecified atom stereocenters. The van der Waals surface area contributed by atoms with Crippen LogP contribution in [0.1, 0.15) is 24.6 Å². The first kappa shape index (κ1) is 20.2. The number of aliphatic hydroxyl groups is 3. The number of ether oxygens (including phenoxy) is 1. The lowest BCUT2D eigenvalue weighted by molar-refractivity contribution is -0.118. The van der Waals surface area contributed by atoms with Gasteiger partial charge in [0.25, 0.3) is 5.95 Å². The lowest BCUT2D eigenvalue weighted by Gasteiger charge is -2.16. The number of nitrogen functional groups attached to an aromatic ring is 1. The standard InChI is InChI=1S/C17H22N8O5/c18-10(27)3-1-2-8-4-21-25(5-8)17-22-14(19)11-15(23-17)24(7-20-11)16-13(29)12(28)9(6-26)30-16/h4-5,7,9,12-13,16,26,28-29H,1-3,6H2,(H2,18,27)(H2,19,22,23). The van der Waals surface area contributed by atoms with Crippen LogP contribution in [0.4, 0.5) is 5.82 Å². The molecule has 0 aromatic carbocycles. The highest BCUT2D eigenvalue weighted by atomic mass is 16.6. The quantitative estimate of drug-likeness (QED) is 0.286. The van der Waals surface area contributed by atoms with Gasteiger partial charge in [-0.2, -0.15) is 15.1 Å². The number of primary amides is 1. The van der Waals surface area contributed by atoms with Crippen LogP contribution in [0.3, 0.4) is 0 Å². The van der Waals surface area contributed by atoms with Crippen LogP contribution in [0.2, 0.25) is 0 Å². The summed E-state index contributed by atoms with van der Waals surface area (Å²) in [5.74, 6) is -0.0806. The Hall–Kier alpha value is -3.13. The molecule has 3 aromatic rings. The number of hydrogen-bond donors (Lipinski definition) is 5. The van der Waals surface area contributed by atoms with Gasteiger partial charge < -0.3 is 31.5 Å². The Balaban J connectivity index is 1.65. The molecular weight excluding hydrogens is 396 g/mol. The number of aliphatic hydroxyl groups excluding tert-OH is 3. The number of nitrogens with zero attached hydrogens (tertiary/aromatic N) is 6. The molecule has 13 nitrogen and oxygen atoms in total. The molecule has 1 aliphatic heterocycles. The average Bonchev–Trinajstić information content (AvgIpc) is 3.41. The number of imidazole rings is 1. The largest absolute Gasteiger partial charge is 0.394 e. The maximum atomic E-state index is 10.9. The van der Waals surface area contributed by atoms with Gasteiger partial charge in [0.2, 0.25) is 5.91 Å². The van der Waals surface area contributed by atoms with Gasteiger partial charge in [-0.1, -0.05) is 0 Å². The summed E-state index contributed by atoms with van der Waals surface area (Å²) in [6.07, 6.45) is 1.72. The van der Waals surface area contributed by atoms with E-state index in [4.69, 9.17) is 16.2 Å². The van der Waals surface area contributed by atoms with E-state index in [9.17, 15) is 20.1 Å². The number of nitrogens with two attached hydrogens (primary N) is 2. The van der Waals surface area contributed by atoms with Gasteiger partial charge in [-0.05, 0) is 18.4 Å². The fourth-order valence-electron chi connectivity index (χ4n) is 3.39. The molecule has 0 aliphatic carbocycles. The smallest absolute Gasteiger partial charge is 0.254 e. The summed E-state index contributed by atoms with van der Waals surface area (Å²) in [5.41, 5.74) is 12.6. The van der Waals surface area contributed by atoms with Gasteiger partial charge in [0.05, 0.1) is 19.1 Å². The van der Waals surface area contributed by atoms with E-state index in [1.54, 1.807) is 12.4 Å². The molecule has 1 aliphatic rings. The van der Waals surface area contributed by atoms with Crippen molar-refractivity contribution in [2.45, 2.75) is 43.8 Å². The van der Waals surface area contributed by atoms with Crippen molar-refractivity contribution in [3.05, 3.63) is 24.3 Å². The number of fused-ring (bicyclic) bond motifs is 1. The summed E-state index contributed by atoms with van der Waals surface area (Å²) in [6, 6.07) is 0. The van der Waals surface area contributed by atoms with Crippen LogP contribution in [-0.2, 0) is 16.0 Å². The third kappa shape index (κ3) is 3.59. The van der Waals surface area contributed by atoms with E-state index in [1.165, 1.54) is 15.6 Å². The fraction of sp³-hybridized carbons (Fsp3) is 0.471. The molecule has 0 saturated carbocycles. The van der Waals surface area contributed by atoms with Crippen LogP contribution in [0.15, 0.2) is 18.7 Å². The van der Waals surface area contributed by atoms with Gasteiger partial charge >= 0.3 is 0 Å². The normalized spacial score (nSPS) is 24.0. The highest BCUT2D eigenvalue weighted by Crippen LogP contribution is 2.32. The van der Waals surface area contributed by atoms with E-state index in [0.717, 1.165) is 5.56 Å². The molecule has 0 spiro atoms. The van der Waals surface area contributed by atoms with Crippen molar-refractivity contribution in [3.8, 4) is 5.95 Å². The van der Waals surface area contributed by atoms with Gasteiger partial charge in [0.1, 0.15) is 23.8 Å². The maximum Gasteiger partial charge on any atom is 0.254 e. The number of aryl methyl sites for hydroxylation is 1. The number of carbonyl (C=O) groups is 1. The number of aromatic nitrogens is 6. The minimum atomic E-state index is -1.29. The van der Waals surface area contributed by atoms with Crippen LogP contribution in [0, 0.1) is 0 Å². The highest BCUT2D eigenvalue weighted by molar-refractivity contribution is 5.82. The third-order valence-corrected chi connectivity index (χ3v) is 4.96. The van der Waals surface area contributed by atoms with Crippen molar-refractivity contribution in [2.75, 3.05) is 12.3 Å². The predicted molar refractivity (Wildman–Crippen MR) is 102 cm³/mol. The van der Waals surface area contributed by atoms with E-state index in [-0.39, 0.29) is 29.7 Å². The van der Waals surface area contributed by atoms with Gasteiger partial charge in [-0.3, -0.25) is 9.36 Å². The number of amides is 1. The first-order chi connectivity index (χ1) is 14.4. The molecule has 7 N–H and O–H groups in total. The molecule has 0 bridgehead atoms. The molecule has 160 valence electrons. The first-order valence-electron chi connectivity index (χ1n) is 9.33. The molecular formula is C17H22N8O5. The number of anilines is 1. The topological polar surface area (TPSA) is 200 Å². The Morgan fingerprint density at radius 1 is 1.27 bits per heavy atom. The van der Waals surface area contributed by atoms with E-state index in [1.807, 2.05) is 0 Å². The second-order valence-electron chi connectivity index (χ2n) is 7.07. The van der Waals surface area contributed by atoms with E-state index >= 15 is 0 Å². The summed E-state index contributed by atoms with van der Waals surface area (Å²) in [7, 11) is 0. The lowest BCUT2D eigenvalue weighted by atomic mass is 10.1. The van der Waals surface area contributed by atoms with Gasteiger partial charge in [0.15, 0.2) is 17.7 Å². The van der Waals surface area contributed by atoms with E-state index < -0.39 is 31.1 Å². The molecule has 1 saturated heterocycles. The SMILES string of the molecule is NC(=O)CCCc1cnn(-c2nc(N)c3ncn(C4OC(CO)C(O)C4O)c3n2)c1. The molecule has 0 radical (unpaired) electrons. The van der Waals surface area contributed by atoms with E-state index in [0.29, 0.717) is 18.4 Å². The first-order valence-corrected chi connectivity index (χ1v) is 9.33. The summed E-state index contributed by atoms with van der Waals surface area (Å²) in [6.45, 7) is -0.449. The molecule has 4 rings (SSSR count).